The average molecular weight is 300 g/mol. The number of nitrogens with zero attached hydrogens (tertiary/aromatic N) is 1. The van der Waals surface area contributed by atoms with E-state index in [-0.39, 0.29) is 18.0 Å². The molecule has 0 spiro atoms. The molecule has 3 N–H and O–H groups in total. The molecule has 0 bridgehead atoms. The number of hydrogen-bond acceptors (Lipinski definition) is 2. The molecular formula is C12H18BrN3O. The highest BCUT2D eigenvalue weighted by molar-refractivity contribution is 9.10. The van der Waals surface area contributed by atoms with Crippen LogP contribution in [0.2, 0.25) is 0 Å². The van der Waals surface area contributed by atoms with Crippen LogP contribution in [0.25, 0.3) is 0 Å². The molecule has 0 aromatic carbocycles. The van der Waals surface area contributed by atoms with Gasteiger partial charge in [-0.05, 0) is 48.2 Å². The topological polar surface area (TPSA) is 60.0 Å². The number of aromatic nitrogens is 1. The van der Waals surface area contributed by atoms with Gasteiger partial charge in [-0.1, -0.05) is 0 Å². The van der Waals surface area contributed by atoms with Gasteiger partial charge in [-0.3, -0.25) is 4.79 Å². The zero-order chi connectivity index (χ0) is 12.4. The second-order valence-electron chi connectivity index (χ2n) is 4.50. The van der Waals surface area contributed by atoms with Crippen LogP contribution in [0.1, 0.15) is 36.7 Å². The maximum Gasteiger partial charge on any atom is 0.268 e. The summed E-state index contributed by atoms with van der Waals surface area (Å²) in [6.07, 6.45) is 5.01. The number of carbonyl (C=O) groups is 1. The van der Waals surface area contributed by atoms with Crippen molar-refractivity contribution >= 4 is 21.8 Å². The van der Waals surface area contributed by atoms with E-state index in [1.165, 1.54) is 0 Å². The molecule has 0 radical (unpaired) electrons. The molecule has 1 aliphatic carbocycles. The third kappa shape index (κ3) is 2.72. The number of aryl methyl sites for hydroxylation is 1. The second kappa shape index (κ2) is 5.23. The smallest absolute Gasteiger partial charge is 0.268 e. The Kier molecular flexibility index (Phi) is 3.89. The van der Waals surface area contributed by atoms with Crippen LogP contribution in [0.5, 0.6) is 0 Å². The van der Waals surface area contributed by atoms with E-state index < -0.39 is 0 Å². The van der Waals surface area contributed by atoms with Crippen molar-refractivity contribution in [2.45, 2.75) is 44.8 Å². The predicted octanol–water partition coefficient (Wildman–Crippen LogP) is 1.88. The Morgan fingerprint density at radius 3 is 3.00 bits per heavy atom. The molecule has 17 heavy (non-hydrogen) atoms. The van der Waals surface area contributed by atoms with Crippen molar-refractivity contribution < 1.29 is 4.79 Å². The van der Waals surface area contributed by atoms with Gasteiger partial charge in [0, 0.05) is 29.3 Å². The molecule has 1 saturated carbocycles. The van der Waals surface area contributed by atoms with Gasteiger partial charge < -0.3 is 15.6 Å². The van der Waals surface area contributed by atoms with Gasteiger partial charge in [0.05, 0.1) is 0 Å². The molecule has 4 nitrogen and oxygen atoms in total. The molecule has 1 amide bonds. The van der Waals surface area contributed by atoms with Crippen molar-refractivity contribution in [1.29, 1.82) is 0 Å². The van der Waals surface area contributed by atoms with E-state index >= 15 is 0 Å². The van der Waals surface area contributed by atoms with E-state index in [9.17, 15) is 4.79 Å². The first kappa shape index (κ1) is 12.6. The van der Waals surface area contributed by atoms with E-state index in [2.05, 4.69) is 21.2 Å². The molecular weight excluding hydrogens is 282 g/mol. The Balaban J connectivity index is 2.08. The standard InChI is InChI=1S/C12H18BrN3O/c1-2-16-7-8(13)6-11(16)12(17)15-10-5-3-4-9(10)14/h6-7,9-10H,2-5,14H2,1H3,(H,15,17). The van der Waals surface area contributed by atoms with Crippen LogP contribution >= 0.6 is 15.9 Å². The number of nitrogens with two attached hydrogens (primary N) is 1. The summed E-state index contributed by atoms with van der Waals surface area (Å²) in [5.41, 5.74) is 6.64. The van der Waals surface area contributed by atoms with E-state index in [0.717, 1.165) is 30.3 Å². The SMILES string of the molecule is CCn1cc(Br)cc1C(=O)NC1CCCC1N. The largest absolute Gasteiger partial charge is 0.346 e. The van der Waals surface area contributed by atoms with Gasteiger partial charge in [0.25, 0.3) is 5.91 Å². The lowest BCUT2D eigenvalue weighted by atomic mass is 10.2. The van der Waals surface area contributed by atoms with E-state index in [4.69, 9.17) is 5.73 Å². The maximum absolute atomic E-state index is 12.1. The minimum Gasteiger partial charge on any atom is -0.346 e. The van der Waals surface area contributed by atoms with Crippen molar-refractivity contribution in [3.05, 3.63) is 22.4 Å². The lowest BCUT2D eigenvalue weighted by Gasteiger charge is -2.17. The van der Waals surface area contributed by atoms with Crippen molar-refractivity contribution in [2.75, 3.05) is 0 Å². The summed E-state index contributed by atoms with van der Waals surface area (Å²) in [5.74, 6) is -0.0279. The Morgan fingerprint density at radius 1 is 1.65 bits per heavy atom. The summed E-state index contributed by atoms with van der Waals surface area (Å²) >= 11 is 3.39. The number of nitrogens with one attached hydrogen (secondary N) is 1. The Morgan fingerprint density at radius 2 is 2.41 bits per heavy atom. The summed E-state index contributed by atoms with van der Waals surface area (Å²) in [6, 6.07) is 2.08. The highest BCUT2D eigenvalue weighted by Gasteiger charge is 2.26. The van der Waals surface area contributed by atoms with Crippen LogP contribution in [-0.4, -0.2) is 22.6 Å². The van der Waals surface area contributed by atoms with Crippen molar-refractivity contribution in [3.63, 3.8) is 0 Å². The molecule has 1 heterocycles. The highest BCUT2D eigenvalue weighted by atomic mass is 79.9. The van der Waals surface area contributed by atoms with Gasteiger partial charge >= 0.3 is 0 Å². The zero-order valence-electron chi connectivity index (χ0n) is 9.95. The second-order valence-corrected chi connectivity index (χ2v) is 5.42. The maximum atomic E-state index is 12.1. The Labute approximate surface area is 110 Å². The third-order valence-electron chi connectivity index (χ3n) is 3.32. The number of halogens is 1. The summed E-state index contributed by atoms with van der Waals surface area (Å²) in [5, 5.41) is 3.03. The predicted molar refractivity (Wildman–Crippen MR) is 70.9 cm³/mol. The minimum atomic E-state index is -0.0279. The summed E-state index contributed by atoms with van der Waals surface area (Å²) < 4.78 is 2.86. The number of rotatable bonds is 3. The fourth-order valence-corrected chi connectivity index (χ4v) is 2.80. The fraction of sp³-hybridized carbons (Fsp3) is 0.583. The molecule has 1 aromatic heterocycles. The summed E-state index contributed by atoms with van der Waals surface area (Å²) in [7, 11) is 0. The molecule has 2 unspecified atom stereocenters. The first-order chi connectivity index (χ1) is 8.11. The lowest BCUT2D eigenvalue weighted by Crippen LogP contribution is -2.44. The van der Waals surface area contributed by atoms with Gasteiger partial charge in [0.2, 0.25) is 0 Å². The molecule has 2 rings (SSSR count). The molecule has 1 aliphatic rings. The van der Waals surface area contributed by atoms with Crippen LogP contribution in [-0.2, 0) is 6.54 Å². The minimum absolute atomic E-state index is 0.0279. The molecule has 1 aromatic rings. The van der Waals surface area contributed by atoms with E-state index in [1.807, 2.05) is 23.8 Å². The molecule has 5 heteroatoms. The molecule has 1 fully saturated rings. The first-order valence-electron chi connectivity index (χ1n) is 6.04. The fourth-order valence-electron chi connectivity index (χ4n) is 2.34. The number of carbonyl (C=O) groups excluding carboxylic acids is 1. The molecule has 0 aliphatic heterocycles. The summed E-state index contributed by atoms with van der Waals surface area (Å²) in [4.78, 5) is 12.1. The summed E-state index contributed by atoms with van der Waals surface area (Å²) in [6.45, 7) is 2.80. The van der Waals surface area contributed by atoms with Crippen molar-refractivity contribution in [3.8, 4) is 0 Å². The zero-order valence-corrected chi connectivity index (χ0v) is 11.5. The van der Waals surface area contributed by atoms with E-state index in [1.54, 1.807) is 0 Å². The van der Waals surface area contributed by atoms with Gasteiger partial charge in [-0.2, -0.15) is 0 Å². The van der Waals surface area contributed by atoms with Crippen LogP contribution in [0, 0.1) is 0 Å². The average Bonchev–Trinajstić information content (AvgIpc) is 2.85. The quantitative estimate of drug-likeness (QED) is 0.895. The molecule has 2 atom stereocenters. The van der Waals surface area contributed by atoms with Crippen LogP contribution in [0.15, 0.2) is 16.7 Å². The molecule has 94 valence electrons. The normalized spacial score (nSPS) is 23.9. The van der Waals surface area contributed by atoms with Crippen LogP contribution in [0.3, 0.4) is 0 Å². The van der Waals surface area contributed by atoms with Gasteiger partial charge in [0.15, 0.2) is 0 Å². The van der Waals surface area contributed by atoms with Gasteiger partial charge in [-0.15, -0.1) is 0 Å². The van der Waals surface area contributed by atoms with Gasteiger partial charge in [0.1, 0.15) is 5.69 Å². The number of hydrogen-bond donors (Lipinski definition) is 2. The Hall–Kier alpha value is -0.810. The van der Waals surface area contributed by atoms with Crippen molar-refractivity contribution in [1.82, 2.24) is 9.88 Å². The lowest BCUT2D eigenvalue weighted by molar-refractivity contribution is 0.0925. The van der Waals surface area contributed by atoms with Gasteiger partial charge in [-0.25, -0.2) is 0 Å². The third-order valence-corrected chi connectivity index (χ3v) is 3.76. The Bertz CT molecular complexity index is 416. The first-order valence-corrected chi connectivity index (χ1v) is 6.83. The highest BCUT2D eigenvalue weighted by Crippen LogP contribution is 2.19. The van der Waals surface area contributed by atoms with Crippen LogP contribution < -0.4 is 11.1 Å². The molecule has 0 saturated heterocycles. The van der Waals surface area contributed by atoms with E-state index in [0.29, 0.717) is 5.69 Å². The monoisotopic (exact) mass is 299 g/mol. The number of amides is 1. The van der Waals surface area contributed by atoms with Crippen molar-refractivity contribution in [2.24, 2.45) is 5.73 Å². The van der Waals surface area contributed by atoms with Crippen LogP contribution in [0.4, 0.5) is 0 Å².